The monoisotopic (exact) mass is 375 g/mol. The standard InChI is InChI=1S/C20H33N5O2/c1-5-7-11-25-18-17(19(26)22-20(25)27)24(6-2)16(21-18)13-23(15-8-9-15)12-10-14(3)4/h14-15H,5-13H2,1-4H3,(H,22,26,27). The molecule has 2 aromatic rings. The molecule has 0 bridgehead atoms. The van der Waals surface area contributed by atoms with Gasteiger partial charge in [0.25, 0.3) is 5.56 Å². The topological polar surface area (TPSA) is 75.9 Å². The lowest BCUT2D eigenvalue weighted by molar-refractivity contribution is 0.231. The molecule has 0 amide bonds. The van der Waals surface area contributed by atoms with Gasteiger partial charge in [-0.1, -0.05) is 27.2 Å². The van der Waals surface area contributed by atoms with Gasteiger partial charge in [0.15, 0.2) is 11.2 Å². The Kier molecular flexibility index (Phi) is 6.19. The molecule has 7 heteroatoms. The van der Waals surface area contributed by atoms with Crippen LogP contribution in [0.25, 0.3) is 11.2 Å². The van der Waals surface area contributed by atoms with E-state index in [1.165, 1.54) is 12.8 Å². The predicted molar refractivity (Wildman–Crippen MR) is 108 cm³/mol. The molecular weight excluding hydrogens is 342 g/mol. The summed E-state index contributed by atoms with van der Waals surface area (Å²) in [6.07, 6.45) is 5.51. The molecular formula is C20H33N5O2. The molecule has 0 radical (unpaired) electrons. The molecule has 7 nitrogen and oxygen atoms in total. The van der Waals surface area contributed by atoms with Crippen molar-refractivity contribution in [2.45, 2.75) is 85.5 Å². The third kappa shape index (κ3) is 4.34. The van der Waals surface area contributed by atoms with E-state index in [4.69, 9.17) is 4.98 Å². The number of aromatic amines is 1. The van der Waals surface area contributed by atoms with Crippen LogP contribution in [0.15, 0.2) is 9.59 Å². The number of aryl methyl sites for hydroxylation is 2. The van der Waals surface area contributed by atoms with E-state index < -0.39 is 0 Å². The first kappa shape index (κ1) is 19.9. The number of nitrogens with one attached hydrogen (secondary N) is 1. The van der Waals surface area contributed by atoms with Crippen molar-refractivity contribution in [3.8, 4) is 0 Å². The SMILES string of the molecule is CCCCn1c(=O)[nH]c(=O)c2c1nc(CN(CCC(C)C)C1CC1)n2CC. The molecule has 0 spiro atoms. The summed E-state index contributed by atoms with van der Waals surface area (Å²) < 4.78 is 3.62. The Morgan fingerprint density at radius 2 is 1.96 bits per heavy atom. The largest absolute Gasteiger partial charge is 0.330 e. The quantitative estimate of drug-likeness (QED) is 0.693. The molecule has 0 unspecified atom stereocenters. The minimum absolute atomic E-state index is 0.330. The molecule has 1 fully saturated rings. The number of unbranched alkanes of at least 4 members (excludes halogenated alkanes) is 1. The average Bonchev–Trinajstić information content (AvgIpc) is 3.39. The van der Waals surface area contributed by atoms with E-state index in [-0.39, 0.29) is 11.2 Å². The van der Waals surface area contributed by atoms with Crippen molar-refractivity contribution in [1.29, 1.82) is 0 Å². The molecule has 1 N–H and O–H groups in total. The average molecular weight is 376 g/mol. The van der Waals surface area contributed by atoms with Crippen LogP contribution in [0.2, 0.25) is 0 Å². The minimum Gasteiger partial charge on any atom is -0.321 e. The predicted octanol–water partition coefficient (Wildman–Crippen LogP) is 2.72. The molecule has 3 rings (SSSR count). The first-order chi connectivity index (χ1) is 13.0. The molecule has 150 valence electrons. The van der Waals surface area contributed by atoms with Gasteiger partial charge in [-0.3, -0.25) is 19.2 Å². The van der Waals surface area contributed by atoms with Gasteiger partial charge in [0.2, 0.25) is 0 Å². The zero-order valence-electron chi connectivity index (χ0n) is 17.1. The third-order valence-electron chi connectivity index (χ3n) is 5.42. The number of H-pyrrole nitrogens is 1. The van der Waals surface area contributed by atoms with Crippen molar-refractivity contribution in [3.05, 3.63) is 26.7 Å². The Balaban J connectivity index is 2.00. The van der Waals surface area contributed by atoms with E-state index in [9.17, 15) is 9.59 Å². The van der Waals surface area contributed by atoms with Crippen LogP contribution in [-0.4, -0.2) is 36.6 Å². The lowest BCUT2D eigenvalue weighted by atomic mass is 10.1. The van der Waals surface area contributed by atoms with Gasteiger partial charge in [-0.05, 0) is 45.1 Å². The smallest absolute Gasteiger partial charge is 0.321 e. The highest BCUT2D eigenvalue weighted by Crippen LogP contribution is 2.29. The third-order valence-corrected chi connectivity index (χ3v) is 5.42. The van der Waals surface area contributed by atoms with Crippen molar-refractivity contribution >= 4 is 11.2 Å². The number of fused-ring (bicyclic) bond motifs is 1. The molecule has 1 saturated carbocycles. The van der Waals surface area contributed by atoms with Crippen LogP contribution >= 0.6 is 0 Å². The number of aromatic nitrogens is 4. The van der Waals surface area contributed by atoms with E-state index in [0.29, 0.717) is 36.2 Å². The highest BCUT2D eigenvalue weighted by atomic mass is 16.2. The van der Waals surface area contributed by atoms with Gasteiger partial charge >= 0.3 is 5.69 Å². The van der Waals surface area contributed by atoms with Gasteiger partial charge in [0.1, 0.15) is 5.82 Å². The summed E-state index contributed by atoms with van der Waals surface area (Å²) in [6.45, 7) is 11.7. The summed E-state index contributed by atoms with van der Waals surface area (Å²) in [6, 6.07) is 0.634. The van der Waals surface area contributed by atoms with E-state index in [1.807, 2.05) is 11.5 Å². The first-order valence-electron chi connectivity index (χ1n) is 10.4. The highest BCUT2D eigenvalue weighted by molar-refractivity contribution is 5.71. The Bertz CT molecular complexity index is 888. The van der Waals surface area contributed by atoms with Crippen LogP contribution < -0.4 is 11.2 Å². The number of nitrogens with zero attached hydrogens (tertiary/aromatic N) is 4. The lowest BCUT2D eigenvalue weighted by Gasteiger charge is -2.22. The van der Waals surface area contributed by atoms with Crippen molar-refractivity contribution in [2.24, 2.45) is 5.92 Å². The maximum atomic E-state index is 12.5. The van der Waals surface area contributed by atoms with E-state index in [2.05, 4.69) is 30.7 Å². The minimum atomic E-state index is -0.355. The van der Waals surface area contributed by atoms with Crippen molar-refractivity contribution < 1.29 is 0 Å². The van der Waals surface area contributed by atoms with E-state index in [0.717, 1.165) is 38.2 Å². The number of hydrogen-bond donors (Lipinski definition) is 1. The molecule has 0 atom stereocenters. The molecule has 27 heavy (non-hydrogen) atoms. The number of rotatable bonds is 10. The van der Waals surface area contributed by atoms with Gasteiger partial charge in [0, 0.05) is 19.1 Å². The van der Waals surface area contributed by atoms with Crippen LogP contribution in [0.4, 0.5) is 0 Å². The second-order valence-electron chi connectivity index (χ2n) is 8.09. The van der Waals surface area contributed by atoms with Gasteiger partial charge in [-0.15, -0.1) is 0 Å². The zero-order valence-corrected chi connectivity index (χ0v) is 17.1. The molecule has 2 heterocycles. The fourth-order valence-electron chi connectivity index (χ4n) is 3.64. The van der Waals surface area contributed by atoms with E-state index in [1.54, 1.807) is 4.57 Å². The van der Waals surface area contributed by atoms with Crippen LogP contribution in [0.3, 0.4) is 0 Å². The molecule has 0 saturated heterocycles. The Labute approximate surface area is 160 Å². The summed E-state index contributed by atoms with van der Waals surface area (Å²) in [5.74, 6) is 1.56. The summed E-state index contributed by atoms with van der Waals surface area (Å²) >= 11 is 0. The Morgan fingerprint density at radius 1 is 1.22 bits per heavy atom. The molecule has 1 aliphatic rings. The normalized spacial score (nSPS) is 14.7. The number of imidazole rings is 1. The maximum absolute atomic E-state index is 12.5. The fraction of sp³-hybridized carbons (Fsp3) is 0.750. The second-order valence-corrected chi connectivity index (χ2v) is 8.09. The van der Waals surface area contributed by atoms with Crippen LogP contribution in [-0.2, 0) is 19.6 Å². The summed E-state index contributed by atoms with van der Waals surface area (Å²) in [5.41, 5.74) is 0.382. The molecule has 0 aromatic carbocycles. The zero-order chi connectivity index (χ0) is 19.6. The van der Waals surface area contributed by atoms with Crippen molar-refractivity contribution in [1.82, 2.24) is 24.0 Å². The highest BCUT2D eigenvalue weighted by Gasteiger charge is 2.30. The molecule has 2 aromatic heterocycles. The fourth-order valence-corrected chi connectivity index (χ4v) is 3.64. The Morgan fingerprint density at radius 3 is 2.56 bits per heavy atom. The van der Waals surface area contributed by atoms with Crippen molar-refractivity contribution in [3.63, 3.8) is 0 Å². The molecule has 1 aliphatic carbocycles. The van der Waals surface area contributed by atoms with Crippen LogP contribution in [0, 0.1) is 5.92 Å². The van der Waals surface area contributed by atoms with Gasteiger partial charge in [-0.2, -0.15) is 0 Å². The first-order valence-corrected chi connectivity index (χ1v) is 10.4. The maximum Gasteiger partial charge on any atom is 0.330 e. The summed E-state index contributed by atoms with van der Waals surface area (Å²) in [5, 5.41) is 0. The van der Waals surface area contributed by atoms with Crippen LogP contribution in [0.5, 0.6) is 0 Å². The van der Waals surface area contributed by atoms with Gasteiger partial charge in [0.05, 0.1) is 6.54 Å². The van der Waals surface area contributed by atoms with Gasteiger partial charge in [-0.25, -0.2) is 9.78 Å². The van der Waals surface area contributed by atoms with Crippen molar-refractivity contribution in [2.75, 3.05) is 6.54 Å². The van der Waals surface area contributed by atoms with Gasteiger partial charge < -0.3 is 4.57 Å². The second kappa shape index (κ2) is 8.42. The van der Waals surface area contributed by atoms with E-state index >= 15 is 0 Å². The van der Waals surface area contributed by atoms with Crippen LogP contribution in [0.1, 0.15) is 65.6 Å². The Hall–Kier alpha value is -1.89. The number of hydrogen-bond acceptors (Lipinski definition) is 4. The lowest BCUT2D eigenvalue weighted by Crippen LogP contribution is -2.31. The summed E-state index contributed by atoms with van der Waals surface area (Å²) in [7, 11) is 0. The molecule has 0 aliphatic heterocycles. The summed E-state index contributed by atoms with van der Waals surface area (Å²) in [4.78, 5) is 34.6.